The zero-order valence-electron chi connectivity index (χ0n) is 14.9. The number of methoxy groups -OCH3 is 1. The van der Waals surface area contributed by atoms with Gasteiger partial charge in [-0.3, -0.25) is 14.9 Å². The average molecular weight is 362 g/mol. The zero-order valence-corrected chi connectivity index (χ0v) is 15.7. The van der Waals surface area contributed by atoms with Crippen molar-refractivity contribution >= 4 is 28.3 Å². The number of nitrogens with zero attached hydrogens (tertiary/aromatic N) is 2. The summed E-state index contributed by atoms with van der Waals surface area (Å²) in [4.78, 5) is 24.1. The predicted octanol–water partition coefficient (Wildman–Crippen LogP) is 2.70. The highest BCUT2D eigenvalue weighted by Crippen LogP contribution is 2.27. The molecule has 1 aromatic heterocycles. The minimum Gasteiger partial charge on any atom is -0.497 e. The Kier molecular flexibility index (Phi) is 5.73. The van der Waals surface area contributed by atoms with E-state index in [1.165, 1.54) is 11.3 Å². The largest absolute Gasteiger partial charge is 0.497 e. The number of anilines is 1. The molecule has 1 aromatic carbocycles. The summed E-state index contributed by atoms with van der Waals surface area (Å²) >= 11 is 1.26. The molecule has 0 unspecified atom stereocenters. The molecule has 0 radical (unpaired) electrons. The van der Waals surface area contributed by atoms with Crippen molar-refractivity contribution in [2.75, 3.05) is 12.4 Å². The van der Waals surface area contributed by atoms with Crippen LogP contribution in [0.3, 0.4) is 0 Å². The molecule has 0 bridgehead atoms. The van der Waals surface area contributed by atoms with E-state index in [0.717, 1.165) is 11.3 Å². The first-order valence-corrected chi connectivity index (χ1v) is 8.62. The highest BCUT2D eigenvalue weighted by Gasteiger charge is 2.25. The lowest BCUT2D eigenvalue weighted by Gasteiger charge is -2.21. The number of ether oxygens (including phenoxy) is 1. The molecular weight excluding hydrogens is 340 g/mol. The van der Waals surface area contributed by atoms with Crippen LogP contribution in [0.1, 0.15) is 27.7 Å². The Balaban J connectivity index is 2.00. The molecule has 0 fully saturated rings. The second-order valence-electron chi connectivity index (χ2n) is 6.58. The third kappa shape index (κ3) is 4.99. The van der Waals surface area contributed by atoms with Crippen LogP contribution >= 0.6 is 11.3 Å². The number of carbonyl (C=O) groups excluding carboxylic acids is 2. The Morgan fingerprint density at radius 2 is 1.80 bits per heavy atom. The number of carbonyl (C=O) groups is 2. The Hall–Kier alpha value is -2.48. The lowest BCUT2D eigenvalue weighted by atomic mass is 9.95. The van der Waals surface area contributed by atoms with Crippen LogP contribution in [0.5, 0.6) is 5.75 Å². The second kappa shape index (κ2) is 7.60. The van der Waals surface area contributed by atoms with Crippen molar-refractivity contribution in [2.45, 2.75) is 33.7 Å². The molecule has 0 saturated carbocycles. The molecule has 0 aliphatic rings. The van der Waals surface area contributed by atoms with Crippen molar-refractivity contribution in [1.82, 2.24) is 15.5 Å². The zero-order chi connectivity index (χ0) is 18.6. The van der Waals surface area contributed by atoms with E-state index in [9.17, 15) is 9.59 Å². The van der Waals surface area contributed by atoms with Crippen molar-refractivity contribution in [2.24, 2.45) is 5.41 Å². The van der Waals surface area contributed by atoms with Gasteiger partial charge in [-0.05, 0) is 31.2 Å². The quantitative estimate of drug-likeness (QED) is 0.853. The summed E-state index contributed by atoms with van der Waals surface area (Å²) < 4.78 is 5.12. The molecule has 2 rings (SSSR count). The first kappa shape index (κ1) is 18.9. The maximum absolute atomic E-state index is 12.2. The Morgan fingerprint density at radius 3 is 2.36 bits per heavy atom. The monoisotopic (exact) mass is 362 g/mol. The highest BCUT2D eigenvalue weighted by molar-refractivity contribution is 7.18. The van der Waals surface area contributed by atoms with Gasteiger partial charge in [-0.25, -0.2) is 0 Å². The fourth-order valence-electron chi connectivity index (χ4n) is 1.82. The van der Waals surface area contributed by atoms with Gasteiger partial charge in [0.25, 0.3) is 0 Å². The molecule has 134 valence electrons. The van der Waals surface area contributed by atoms with Gasteiger partial charge < -0.3 is 10.1 Å². The van der Waals surface area contributed by atoms with Crippen LogP contribution in [0.25, 0.3) is 10.6 Å². The first-order chi connectivity index (χ1) is 11.7. The number of benzene rings is 1. The molecule has 2 N–H and O–H groups in total. The van der Waals surface area contributed by atoms with Crippen LogP contribution in [0.15, 0.2) is 24.3 Å². The van der Waals surface area contributed by atoms with Gasteiger partial charge in [-0.1, -0.05) is 32.1 Å². The fraction of sp³-hybridized carbons (Fsp3) is 0.412. The van der Waals surface area contributed by atoms with Crippen LogP contribution in [0.2, 0.25) is 0 Å². The van der Waals surface area contributed by atoms with Crippen LogP contribution in [0.4, 0.5) is 5.13 Å². The summed E-state index contributed by atoms with van der Waals surface area (Å²) in [5.74, 6) is 0.228. The van der Waals surface area contributed by atoms with Crippen LogP contribution in [-0.4, -0.2) is 35.2 Å². The van der Waals surface area contributed by atoms with Gasteiger partial charge >= 0.3 is 0 Å². The van der Waals surface area contributed by atoms with E-state index in [4.69, 9.17) is 4.74 Å². The molecule has 8 heteroatoms. The minimum atomic E-state index is -0.667. The molecule has 0 aliphatic carbocycles. The van der Waals surface area contributed by atoms with E-state index in [0.29, 0.717) is 10.1 Å². The molecule has 2 amide bonds. The Labute approximate surface area is 150 Å². The molecule has 0 aliphatic heterocycles. The molecule has 0 spiro atoms. The van der Waals surface area contributed by atoms with Gasteiger partial charge in [0.2, 0.25) is 16.9 Å². The summed E-state index contributed by atoms with van der Waals surface area (Å²) in [5.41, 5.74) is 0.326. The molecule has 7 nitrogen and oxygen atoms in total. The molecule has 1 heterocycles. The molecule has 0 saturated heterocycles. The minimum absolute atomic E-state index is 0.189. The first-order valence-electron chi connectivity index (χ1n) is 7.80. The number of aromatic nitrogens is 2. The van der Waals surface area contributed by atoms with Crippen LogP contribution < -0.4 is 15.4 Å². The lowest BCUT2D eigenvalue weighted by Crippen LogP contribution is -2.46. The maximum Gasteiger partial charge on any atom is 0.248 e. The number of hydrogen-bond acceptors (Lipinski definition) is 6. The van der Waals surface area contributed by atoms with Gasteiger partial charge in [-0.15, -0.1) is 10.2 Å². The Bertz CT molecular complexity index is 750. The van der Waals surface area contributed by atoms with Gasteiger partial charge in [0.1, 0.15) is 16.8 Å². The van der Waals surface area contributed by atoms with Crippen molar-refractivity contribution in [1.29, 1.82) is 0 Å². The van der Waals surface area contributed by atoms with E-state index in [2.05, 4.69) is 20.8 Å². The summed E-state index contributed by atoms with van der Waals surface area (Å²) in [6.45, 7) is 7.00. The van der Waals surface area contributed by atoms with E-state index in [1.54, 1.807) is 34.8 Å². The number of hydrogen-bond donors (Lipinski definition) is 2. The van der Waals surface area contributed by atoms with Gasteiger partial charge in [0.05, 0.1) is 7.11 Å². The third-order valence-electron chi connectivity index (χ3n) is 3.41. The summed E-state index contributed by atoms with van der Waals surface area (Å²) in [6, 6.07) is 6.74. The van der Waals surface area contributed by atoms with E-state index < -0.39 is 11.5 Å². The van der Waals surface area contributed by atoms with Crippen LogP contribution in [-0.2, 0) is 9.59 Å². The summed E-state index contributed by atoms with van der Waals surface area (Å²) in [5, 5.41) is 14.5. The topological polar surface area (TPSA) is 93.2 Å². The SMILES string of the molecule is COc1ccc(-c2nnc(NC(=O)[C@H](C)NC(=O)C(C)(C)C)s2)cc1. The molecule has 25 heavy (non-hydrogen) atoms. The Morgan fingerprint density at radius 1 is 1.16 bits per heavy atom. The van der Waals surface area contributed by atoms with Crippen molar-refractivity contribution < 1.29 is 14.3 Å². The van der Waals surface area contributed by atoms with Gasteiger partial charge in [-0.2, -0.15) is 0 Å². The third-order valence-corrected chi connectivity index (χ3v) is 4.30. The standard InChI is InChI=1S/C17H22N4O3S/c1-10(18-15(23)17(2,3)4)13(22)19-16-21-20-14(25-16)11-6-8-12(24-5)9-7-11/h6-10H,1-5H3,(H,18,23)(H,19,21,22)/t10-/m0/s1. The number of nitrogens with one attached hydrogen (secondary N) is 2. The van der Waals surface area contributed by atoms with E-state index in [1.807, 2.05) is 24.3 Å². The average Bonchev–Trinajstić information content (AvgIpc) is 3.02. The number of rotatable bonds is 5. The molecule has 2 aromatic rings. The van der Waals surface area contributed by atoms with Crippen molar-refractivity contribution in [3.8, 4) is 16.3 Å². The molecule has 1 atom stereocenters. The predicted molar refractivity (Wildman–Crippen MR) is 97.6 cm³/mol. The van der Waals surface area contributed by atoms with E-state index in [-0.39, 0.29) is 11.8 Å². The van der Waals surface area contributed by atoms with Crippen molar-refractivity contribution in [3.05, 3.63) is 24.3 Å². The maximum atomic E-state index is 12.2. The van der Waals surface area contributed by atoms with E-state index >= 15 is 0 Å². The fourth-order valence-corrected chi connectivity index (χ4v) is 2.57. The lowest BCUT2D eigenvalue weighted by molar-refractivity contribution is -0.131. The summed E-state index contributed by atoms with van der Waals surface area (Å²) in [6.07, 6.45) is 0. The van der Waals surface area contributed by atoms with Gasteiger partial charge in [0.15, 0.2) is 0 Å². The second-order valence-corrected chi connectivity index (χ2v) is 7.55. The van der Waals surface area contributed by atoms with Crippen LogP contribution in [0, 0.1) is 5.41 Å². The van der Waals surface area contributed by atoms with Gasteiger partial charge in [0, 0.05) is 11.0 Å². The molecular formula is C17H22N4O3S. The van der Waals surface area contributed by atoms with Crippen molar-refractivity contribution in [3.63, 3.8) is 0 Å². The normalized spacial score (nSPS) is 12.4. The highest BCUT2D eigenvalue weighted by atomic mass is 32.1. The number of amides is 2. The summed E-state index contributed by atoms with van der Waals surface area (Å²) in [7, 11) is 1.60. The smallest absolute Gasteiger partial charge is 0.248 e.